The van der Waals surface area contributed by atoms with Gasteiger partial charge in [0.05, 0.1) is 17.9 Å². The van der Waals surface area contributed by atoms with Crippen LogP contribution in [0.15, 0.2) is 42.5 Å². The molecule has 2 aromatic carbocycles. The Morgan fingerprint density at radius 3 is 2.63 bits per heavy atom. The van der Waals surface area contributed by atoms with Gasteiger partial charge in [0.25, 0.3) is 5.91 Å². The van der Waals surface area contributed by atoms with Gasteiger partial charge in [-0.3, -0.25) is 14.6 Å². The Labute approximate surface area is 183 Å². The van der Waals surface area contributed by atoms with Crippen LogP contribution in [0.4, 0.5) is 13.9 Å². The topological polar surface area (TPSA) is 45.7 Å². The molecule has 5 nitrogen and oxygen atoms in total. The molecule has 0 bridgehead atoms. The number of nitrogens with zero attached hydrogens (tertiary/aromatic N) is 3. The van der Waals surface area contributed by atoms with Gasteiger partial charge in [-0.2, -0.15) is 0 Å². The Morgan fingerprint density at radius 2 is 1.90 bits per heavy atom. The Hall–Kier alpha value is -2.13. The van der Waals surface area contributed by atoms with Crippen molar-refractivity contribution in [2.45, 2.75) is 6.42 Å². The molecule has 1 saturated heterocycles. The summed E-state index contributed by atoms with van der Waals surface area (Å²) in [4.78, 5) is 21.3. The van der Waals surface area contributed by atoms with E-state index in [4.69, 9.17) is 4.74 Å². The highest BCUT2D eigenvalue weighted by Crippen LogP contribution is 2.32. The highest BCUT2D eigenvalue weighted by atomic mass is 35.5. The summed E-state index contributed by atoms with van der Waals surface area (Å²) in [5.41, 5.74) is 0.621. The Balaban J connectivity index is 0.00000256. The molecule has 1 aliphatic heterocycles. The van der Waals surface area contributed by atoms with E-state index in [2.05, 4.69) is 9.88 Å². The second-order valence-corrected chi connectivity index (χ2v) is 7.87. The molecule has 0 N–H and O–H groups in total. The Morgan fingerprint density at radius 1 is 1.17 bits per heavy atom. The molecule has 4 rings (SSSR count). The fraction of sp³-hybridized carbons (Fsp3) is 0.333. The van der Waals surface area contributed by atoms with E-state index in [0.717, 1.165) is 56.7 Å². The lowest BCUT2D eigenvalue weighted by molar-refractivity contribution is 0.0376. The molecule has 160 valence electrons. The van der Waals surface area contributed by atoms with Gasteiger partial charge in [-0.1, -0.05) is 29.5 Å². The number of aromatic nitrogens is 1. The van der Waals surface area contributed by atoms with Crippen LogP contribution >= 0.6 is 23.7 Å². The molecule has 0 aliphatic carbocycles. The van der Waals surface area contributed by atoms with Crippen LogP contribution in [-0.4, -0.2) is 55.2 Å². The lowest BCUT2D eigenvalue weighted by atomic mass is 10.2. The number of fused-ring (bicyclic) bond motifs is 1. The summed E-state index contributed by atoms with van der Waals surface area (Å²) in [6.45, 7) is 4.45. The van der Waals surface area contributed by atoms with E-state index in [9.17, 15) is 13.6 Å². The fourth-order valence-corrected chi connectivity index (χ4v) is 4.39. The highest BCUT2D eigenvalue weighted by Gasteiger charge is 2.23. The van der Waals surface area contributed by atoms with Gasteiger partial charge in [-0.05, 0) is 24.6 Å². The zero-order chi connectivity index (χ0) is 20.2. The molecule has 1 amide bonds. The van der Waals surface area contributed by atoms with E-state index in [0.29, 0.717) is 21.9 Å². The Kier molecular flexibility index (Phi) is 7.71. The number of halogens is 3. The third kappa shape index (κ3) is 5.13. The van der Waals surface area contributed by atoms with Gasteiger partial charge in [-0.25, -0.2) is 13.8 Å². The number of morpholine rings is 1. The van der Waals surface area contributed by atoms with Crippen molar-refractivity contribution in [2.24, 2.45) is 0 Å². The maximum absolute atomic E-state index is 14.1. The minimum Gasteiger partial charge on any atom is -0.379 e. The number of thiazole rings is 1. The summed E-state index contributed by atoms with van der Waals surface area (Å²) >= 11 is 1.12. The summed E-state index contributed by atoms with van der Waals surface area (Å²) in [5, 5.41) is 0.375. The summed E-state index contributed by atoms with van der Waals surface area (Å²) in [6, 6.07) is 11.0. The standard InChI is InChI=1S/C21H21F2N3O2S.ClH/c22-16-13-17(23)19-18(14-16)29-21(24-19)26(20(27)15-5-2-1-3-6-15)8-4-7-25-9-11-28-12-10-25;/h1-3,5-6,13-14H,4,7-12H2;1H. The van der Waals surface area contributed by atoms with E-state index in [1.165, 1.54) is 6.07 Å². The third-order valence-electron chi connectivity index (χ3n) is 4.86. The summed E-state index contributed by atoms with van der Waals surface area (Å²) in [5.74, 6) is -1.58. The first kappa shape index (κ1) is 22.6. The van der Waals surface area contributed by atoms with Crippen molar-refractivity contribution in [2.75, 3.05) is 44.3 Å². The second-order valence-electron chi connectivity index (χ2n) is 6.86. The monoisotopic (exact) mass is 453 g/mol. The number of benzene rings is 2. The lowest BCUT2D eigenvalue weighted by Crippen LogP contribution is -2.39. The van der Waals surface area contributed by atoms with E-state index >= 15 is 0 Å². The quantitative estimate of drug-likeness (QED) is 0.556. The normalized spacial score (nSPS) is 14.5. The van der Waals surface area contributed by atoms with Crippen molar-refractivity contribution in [3.63, 3.8) is 0 Å². The van der Waals surface area contributed by atoms with Gasteiger partial charge in [-0.15, -0.1) is 12.4 Å². The molecule has 3 aromatic rings. The van der Waals surface area contributed by atoms with Crippen LogP contribution in [0, 0.1) is 11.6 Å². The summed E-state index contributed by atoms with van der Waals surface area (Å²) in [6.07, 6.45) is 0.741. The van der Waals surface area contributed by atoms with Crippen LogP contribution in [0.2, 0.25) is 0 Å². The van der Waals surface area contributed by atoms with Crippen LogP contribution in [0.25, 0.3) is 10.2 Å². The zero-order valence-electron chi connectivity index (χ0n) is 16.2. The number of rotatable bonds is 6. The highest BCUT2D eigenvalue weighted by molar-refractivity contribution is 7.22. The van der Waals surface area contributed by atoms with Gasteiger partial charge in [0.1, 0.15) is 11.3 Å². The average molecular weight is 454 g/mol. The molecular weight excluding hydrogens is 432 g/mol. The predicted molar refractivity (Wildman–Crippen MR) is 117 cm³/mol. The van der Waals surface area contributed by atoms with E-state index in [-0.39, 0.29) is 23.8 Å². The van der Waals surface area contributed by atoms with Crippen molar-refractivity contribution in [3.8, 4) is 0 Å². The van der Waals surface area contributed by atoms with E-state index < -0.39 is 11.6 Å². The van der Waals surface area contributed by atoms with Crippen LogP contribution in [0.5, 0.6) is 0 Å². The van der Waals surface area contributed by atoms with Gasteiger partial charge >= 0.3 is 0 Å². The predicted octanol–water partition coefficient (Wildman–Crippen LogP) is 4.37. The van der Waals surface area contributed by atoms with Gasteiger partial charge in [0.15, 0.2) is 10.9 Å². The molecule has 1 aromatic heterocycles. The van der Waals surface area contributed by atoms with E-state index in [1.807, 2.05) is 6.07 Å². The zero-order valence-corrected chi connectivity index (χ0v) is 17.9. The van der Waals surface area contributed by atoms with Crippen molar-refractivity contribution in [1.29, 1.82) is 0 Å². The average Bonchev–Trinajstić information content (AvgIpc) is 3.16. The molecule has 9 heteroatoms. The smallest absolute Gasteiger partial charge is 0.260 e. The Bertz CT molecular complexity index is 997. The van der Waals surface area contributed by atoms with Gasteiger partial charge in [0.2, 0.25) is 0 Å². The maximum Gasteiger partial charge on any atom is 0.260 e. The molecule has 0 unspecified atom stereocenters. The van der Waals surface area contributed by atoms with E-state index in [1.54, 1.807) is 29.2 Å². The lowest BCUT2D eigenvalue weighted by Gasteiger charge is -2.27. The number of hydrogen-bond donors (Lipinski definition) is 0. The first-order chi connectivity index (χ1) is 14.1. The molecule has 0 radical (unpaired) electrons. The summed E-state index contributed by atoms with van der Waals surface area (Å²) < 4.78 is 33.5. The second kappa shape index (κ2) is 10.3. The third-order valence-corrected chi connectivity index (χ3v) is 5.88. The molecule has 1 aliphatic rings. The van der Waals surface area contributed by atoms with Crippen LogP contribution in [0.1, 0.15) is 16.8 Å². The van der Waals surface area contributed by atoms with Crippen LogP contribution in [-0.2, 0) is 4.74 Å². The minimum atomic E-state index is -0.720. The van der Waals surface area contributed by atoms with Crippen LogP contribution in [0.3, 0.4) is 0 Å². The van der Waals surface area contributed by atoms with Crippen molar-refractivity contribution in [1.82, 2.24) is 9.88 Å². The molecule has 0 spiro atoms. The molecule has 2 heterocycles. The number of hydrogen-bond acceptors (Lipinski definition) is 5. The number of carbonyl (C=O) groups excluding carboxylic acids is 1. The summed E-state index contributed by atoms with van der Waals surface area (Å²) in [7, 11) is 0. The minimum absolute atomic E-state index is 0. The largest absolute Gasteiger partial charge is 0.379 e. The van der Waals surface area contributed by atoms with Gasteiger partial charge in [0, 0.05) is 37.8 Å². The molecular formula is C21H22ClF2N3O2S. The van der Waals surface area contributed by atoms with Crippen molar-refractivity contribution in [3.05, 3.63) is 59.7 Å². The molecule has 30 heavy (non-hydrogen) atoms. The van der Waals surface area contributed by atoms with Crippen molar-refractivity contribution >= 4 is 45.0 Å². The first-order valence-corrected chi connectivity index (χ1v) is 10.4. The van der Waals surface area contributed by atoms with Crippen LogP contribution < -0.4 is 4.90 Å². The van der Waals surface area contributed by atoms with Gasteiger partial charge < -0.3 is 4.74 Å². The number of amides is 1. The fourth-order valence-electron chi connectivity index (χ4n) is 3.36. The first-order valence-electron chi connectivity index (χ1n) is 9.54. The molecule has 0 saturated carbocycles. The molecule has 1 fully saturated rings. The number of anilines is 1. The SMILES string of the molecule is Cl.O=C(c1ccccc1)N(CCCN1CCOCC1)c1nc2c(F)cc(F)cc2s1. The molecule has 0 atom stereocenters. The maximum atomic E-state index is 14.1. The van der Waals surface area contributed by atoms with Crippen molar-refractivity contribution < 1.29 is 18.3 Å². The number of ether oxygens (including phenoxy) is 1. The number of carbonyl (C=O) groups is 1.